The molecule has 0 radical (unpaired) electrons. The first-order chi connectivity index (χ1) is 13.4. The van der Waals surface area contributed by atoms with Crippen LogP contribution in [0.5, 0.6) is 5.75 Å². The van der Waals surface area contributed by atoms with Crippen LogP contribution in [0.15, 0.2) is 69.8 Å². The summed E-state index contributed by atoms with van der Waals surface area (Å²) in [6, 6.07) is 16.1. The average molecular weight is 443 g/mol. The zero-order valence-electron chi connectivity index (χ0n) is 14.7. The van der Waals surface area contributed by atoms with Crippen LogP contribution in [0.2, 0.25) is 0 Å². The Morgan fingerprint density at radius 2 is 1.57 bits per heavy atom. The van der Waals surface area contributed by atoms with Crippen molar-refractivity contribution >= 4 is 45.1 Å². The minimum Gasteiger partial charge on any atom is -0.444 e. The fourth-order valence-electron chi connectivity index (χ4n) is 2.37. The lowest BCUT2D eigenvalue weighted by Gasteiger charge is -2.09. The van der Waals surface area contributed by atoms with Crippen LogP contribution in [0.1, 0.15) is 27.8 Å². The SMILES string of the molecule is CC(=O)Oc1cccc(C(=O)Nc2cccc(NC(=O)c3ccc(Br)o3)c2)c1. The summed E-state index contributed by atoms with van der Waals surface area (Å²) in [5.74, 6) is -0.824. The third-order valence-corrected chi connectivity index (χ3v) is 3.96. The maximum atomic E-state index is 12.5. The Morgan fingerprint density at radius 1 is 0.893 bits per heavy atom. The zero-order chi connectivity index (χ0) is 20.1. The van der Waals surface area contributed by atoms with Gasteiger partial charge < -0.3 is 19.8 Å². The summed E-state index contributed by atoms with van der Waals surface area (Å²) in [6.07, 6.45) is 0. The Morgan fingerprint density at radius 3 is 2.21 bits per heavy atom. The van der Waals surface area contributed by atoms with Crippen LogP contribution in [0, 0.1) is 0 Å². The number of anilines is 2. The van der Waals surface area contributed by atoms with Crippen molar-refractivity contribution in [2.45, 2.75) is 6.92 Å². The van der Waals surface area contributed by atoms with Crippen LogP contribution in [0.4, 0.5) is 11.4 Å². The van der Waals surface area contributed by atoms with E-state index in [0.717, 1.165) is 0 Å². The van der Waals surface area contributed by atoms with Gasteiger partial charge in [0, 0.05) is 23.9 Å². The number of nitrogens with one attached hydrogen (secondary N) is 2. The number of carbonyl (C=O) groups excluding carboxylic acids is 3. The van der Waals surface area contributed by atoms with E-state index >= 15 is 0 Å². The van der Waals surface area contributed by atoms with Crippen molar-refractivity contribution in [1.29, 1.82) is 0 Å². The van der Waals surface area contributed by atoms with E-state index in [1.54, 1.807) is 54.6 Å². The second kappa shape index (κ2) is 8.53. The molecule has 2 N–H and O–H groups in total. The number of benzene rings is 2. The molecule has 0 saturated heterocycles. The summed E-state index contributed by atoms with van der Waals surface area (Å²) >= 11 is 3.14. The van der Waals surface area contributed by atoms with Crippen LogP contribution >= 0.6 is 15.9 Å². The fourth-order valence-corrected chi connectivity index (χ4v) is 2.68. The van der Waals surface area contributed by atoms with Gasteiger partial charge in [0.25, 0.3) is 11.8 Å². The highest BCUT2D eigenvalue weighted by atomic mass is 79.9. The van der Waals surface area contributed by atoms with Crippen molar-refractivity contribution in [2.75, 3.05) is 10.6 Å². The lowest BCUT2D eigenvalue weighted by Crippen LogP contribution is -2.14. The first-order valence-electron chi connectivity index (χ1n) is 8.17. The van der Waals surface area contributed by atoms with E-state index in [2.05, 4.69) is 26.6 Å². The largest absolute Gasteiger partial charge is 0.444 e. The van der Waals surface area contributed by atoms with E-state index in [4.69, 9.17) is 9.15 Å². The summed E-state index contributed by atoms with van der Waals surface area (Å²) in [4.78, 5) is 35.7. The van der Waals surface area contributed by atoms with Crippen molar-refractivity contribution in [2.24, 2.45) is 0 Å². The highest BCUT2D eigenvalue weighted by Crippen LogP contribution is 2.20. The number of halogens is 1. The van der Waals surface area contributed by atoms with Crippen LogP contribution in [0.3, 0.4) is 0 Å². The Bertz CT molecular complexity index is 1040. The fraction of sp³-hybridized carbons (Fsp3) is 0.0500. The van der Waals surface area contributed by atoms with Gasteiger partial charge in [0.05, 0.1) is 0 Å². The number of carbonyl (C=O) groups is 3. The molecule has 0 saturated carbocycles. The van der Waals surface area contributed by atoms with E-state index in [-0.39, 0.29) is 17.4 Å². The third-order valence-electron chi connectivity index (χ3n) is 3.53. The molecule has 0 aliphatic heterocycles. The standard InChI is InChI=1S/C20H15BrN2O5/c1-12(24)27-16-7-2-4-13(10-16)19(25)22-14-5-3-6-15(11-14)23-20(26)17-8-9-18(21)28-17/h2-11H,1H3,(H,22,25)(H,23,26). The van der Waals surface area contributed by atoms with Gasteiger partial charge in [-0.25, -0.2) is 0 Å². The van der Waals surface area contributed by atoms with Crippen molar-refractivity contribution in [3.8, 4) is 5.75 Å². The Hall–Kier alpha value is -3.39. The van der Waals surface area contributed by atoms with Gasteiger partial charge in [-0.15, -0.1) is 0 Å². The lowest BCUT2D eigenvalue weighted by molar-refractivity contribution is -0.131. The lowest BCUT2D eigenvalue weighted by atomic mass is 10.2. The van der Waals surface area contributed by atoms with Gasteiger partial charge in [-0.1, -0.05) is 12.1 Å². The molecule has 0 bridgehead atoms. The number of rotatable bonds is 5. The smallest absolute Gasteiger partial charge is 0.308 e. The second-order valence-electron chi connectivity index (χ2n) is 5.71. The van der Waals surface area contributed by atoms with E-state index < -0.39 is 11.9 Å². The van der Waals surface area contributed by atoms with Crippen LogP contribution in [-0.4, -0.2) is 17.8 Å². The highest BCUT2D eigenvalue weighted by molar-refractivity contribution is 9.10. The third kappa shape index (κ3) is 5.08. The Kier molecular flexibility index (Phi) is 5.90. The maximum absolute atomic E-state index is 12.5. The van der Waals surface area contributed by atoms with Gasteiger partial charge in [-0.05, 0) is 64.5 Å². The van der Waals surface area contributed by atoms with E-state index in [9.17, 15) is 14.4 Å². The molecule has 0 fully saturated rings. The summed E-state index contributed by atoms with van der Waals surface area (Å²) in [7, 11) is 0. The summed E-state index contributed by atoms with van der Waals surface area (Å²) in [5.41, 5.74) is 1.30. The molecule has 0 aliphatic rings. The number of ether oxygens (including phenoxy) is 1. The van der Waals surface area contributed by atoms with Crippen molar-refractivity contribution in [3.05, 3.63) is 76.7 Å². The summed E-state index contributed by atoms with van der Waals surface area (Å²) < 4.78 is 10.6. The van der Waals surface area contributed by atoms with E-state index in [1.165, 1.54) is 13.0 Å². The predicted molar refractivity (Wildman–Crippen MR) is 107 cm³/mol. The molecule has 2 amide bonds. The molecule has 0 aliphatic carbocycles. The average Bonchev–Trinajstić information content (AvgIpc) is 3.08. The van der Waals surface area contributed by atoms with Crippen molar-refractivity contribution in [1.82, 2.24) is 0 Å². The molecule has 0 atom stereocenters. The molecule has 0 unspecified atom stereocenters. The van der Waals surface area contributed by atoms with Gasteiger partial charge in [0.1, 0.15) is 5.75 Å². The van der Waals surface area contributed by atoms with Crippen LogP contribution < -0.4 is 15.4 Å². The molecule has 7 nitrogen and oxygen atoms in total. The number of furan rings is 1. The van der Waals surface area contributed by atoms with Gasteiger partial charge in [0.2, 0.25) is 0 Å². The van der Waals surface area contributed by atoms with E-state index in [1.807, 2.05) is 0 Å². The molecular weight excluding hydrogens is 428 g/mol. The normalized spacial score (nSPS) is 10.2. The molecule has 8 heteroatoms. The van der Waals surface area contributed by atoms with Gasteiger partial charge in [0.15, 0.2) is 10.4 Å². The molecule has 142 valence electrons. The highest BCUT2D eigenvalue weighted by Gasteiger charge is 2.12. The Balaban J connectivity index is 1.69. The zero-order valence-corrected chi connectivity index (χ0v) is 16.3. The van der Waals surface area contributed by atoms with Crippen LogP contribution in [0.25, 0.3) is 0 Å². The molecular formula is C20H15BrN2O5. The van der Waals surface area contributed by atoms with E-state index in [0.29, 0.717) is 21.6 Å². The predicted octanol–water partition coefficient (Wildman–Crippen LogP) is 4.47. The van der Waals surface area contributed by atoms with Gasteiger partial charge in [-0.3, -0.25) is 14.4 Å². The molecule has 0 spiro atoms. The maximum Gasteiger partial charge on any atom is 0.308 e. The summed E-state index contributed by atoms with van der Waals surface area (Å²) in [5, 5.41) is 5.43. The molecule has 1 heterocycles. The number of esters is 1. The molecule has 3 rings (SSSR count). The summed E-state index contributed by atoms with van der Waals surface area (Å²) in [6.45, 7) is 1.29. The first kappa shape index (κ1) is 19.4. The monoisotopic (exact) mass is 442 g/mol. The molecule has 2 aromatic carbocycles. The molecule has 1 aromatic heterocycles. The first-order valence-corrected chi connectivity index (χ1v) is 8.96. The van der Waals surface area contributed by atoms with Crippen molar-refractivity contribution in [3.63, 3.8) is 0 Å². The minimum atomic E-state index is -0.468. The Labute approximate surface area is 168 Å². The topological polar surface area (TPSA) is 97.6 Å². The minimum absolute atomic E-state index is 0.156. The van der Waals surface area contributed by atoms with Crippen LogP contribution in [-0.2, 0) is 4.79 Å². The van der Waals surface area contributed by atoms with Crippen molar-refractivity contribution < 1.29 is 23.5 Å². The number of amides is 2. The number of hydrogen-bond acceptors (Lipinski definition) is 5. The second-order valence-corrected chi connectivity index (χ2v) is 6.50. The molecule has 3 aromatic rings. The number of hydrogen-bond donors (Lipinski definition) is 2. The van der Waals surface area contributed by atoms with Gasteiger partial charge >= 0.3 is 5.97 Å². The molecule has 28 heavy (non-hydrogen) atoms. The van der Waals surface area contributed by atoms with Gasteiger partial charge in [-0.2, -0.15) is 0 Å². The quantitative estimate of drug-likeness (QED) is 0.448.